The maximum Gasteiger partial charge on any atom is 0.321 e. The molecule has 0 aliphatic heterocycles. The monoisotopic (exact) mass is 305 g/mol. The quantitative estimate of drug-likeness (QED) is 0.536. The Labute approximate surface area is 115 Å². The largest absolute Gasteiger partial charge is 0.481 e. The zero-order valence-electron chi connectivity index (χ0n) is 10.9. The van der Waals surface area contributed by atoms with Crippen LogP contribution in [-0.4, -0.2) is 46.8 Å². The van der Waals surface area contributed by atoms with E-state index < -0.39 is 34.4 Å². The van der Waals surface area contributed by atoms with E-state index in [-0.39, 0.29) is 22.7 Å². The number of aromatic amines is 1. The summed E-state index contributed by atoms with van der Waals surface area (Å²) >= 11 is 0. The Hall–Kier alpha value is -1.94. The average Bonchev–Trinajstić information content (AvgIpc) is 2.64. The van der Waals surface area contributed by atoms with Gasteiger partial charge in [0.05, 0.1) is 11.4 Å². The summed E-state index contributed by atoms with van der Waals surface area (Å²) in [6.07, 6.45) is -0.803. The second-order valence-corrected chi connectivity index (χ2v) is 5.86. The number of carboxylic acid groups (broad SMARTS) is 2. The van der Waals surface area contributed by atoms with E-state index in [4.69, 9.17) is 10.2 Å². The van der Waals surface area contributed by atoms with E-state index in [0.29, 0.717) is 0 Å². The van der Waals surface area contributed by atoms with Gasteiger partial charge in [-0.3, -0.25) is 14.7 Å². The molecule has 0 aromatic carbocycles. The van der Waals surface area contributed by atoms with E-state index in [9.17, 15) is 18.0 Å². The molecule has 112 valence electrons. The maximum atomic E-state index is 12.1. The van der Waals surface area contributed by atoms with E-state index in [1.165, 1.54) is 13.8 Å². The van der Waals surface area contributed by atoms with Crippen LogP contribution in [0.4, 0.5) is 0 Å². The number of sulfonamides is 1. The van der Waals surface area contributed by atoms with E-state index in [2.05, 4.69) is 10.2 Å². The fourth-order valence-electron chi connectivity index (χ4n) is 1.68. The molecule has 0 amide bonds. The number of aryl methyl sites for hydroxylation is 2. The standard InChI is InChI=1S/C10H15N3O6S/c1-5-9(6(2)12-11-5)20(18,19)13-7(10(16)17)3-4-8(14)15/h7,13H,3-4H2,1-2H3,(H,11,12)(H,14,15)(H,16,17)/t7-/m0/s1. The fraction of sp³-hybridized carbons (Fsp3) is 0.500. The minimum atomic E-state index is -4.09. The molecule has 20 heavy (non-hydrogen) atoms. The van der Waals surface area contributed by atoms with Crippen LogP contribution in [0.25, 0.3) is 0 Å². The topological polar surface area (TPSA) is 149 Å². The highest BCUT2D eigenvalue weighted by Gasteiger charge is 2.29. The van der Waals surface area contributed by atoms with Crippen molar-refractivity contribution in [3.8, 4) is 0 Å². The number of aliphatic carboxylic acids is 2. The molecule has 0 saturated heterocycles. The summed E-state index contributed by atoms with van der Waals surface area (Å²) in [4.78, 5) is 21.3. The lowest BCUT2D eigenvalue weighted by atomic mass is 10.2. The van der Waals surface area contributed by atoms with Gasteiger partial charge in [-0.05, 0) is 20.3 Å². The third kappa shape index (κ3) is 3.78. The third-order valence-corrected chi connectivity index (χ3v) is 4.31. The second kappa shape index (κ2) is 6.01. The van der Waals surface area contributed by atoms with Crippen LogP contribution in [0.2, 0.25) is 0 Å². The number of nitrogens with zero attached hydrogens (tertiary/aromatic N) is 1. The highest BCUT2D eigenvalue weighted by Crippen LogP contribution is 2.17. The van der Waals surface area contributed by atoms with Gasteiger partial charge in [-0.2, -0.15) is 9.82 Å². The van der Waals surface area contributed by atoms with Gasteiger partial charge in [-0.1, -0.05) is 0 Å². The molecule has 9 nitrogen and oxygen atoms in total. The zero-order valence-corrected chi connectivity index (χ0v) is 11.7. The lowest BCUT2D eigenvalue weighted by molar-refractivity contribution is -0.140. The van der Waals surface area contributed by atoms with Gasteiger partial charge in [-0.15, -0.1) is 0 Å². The first-order valence-corrected chi connectivity index (χ1v) is 7.12. The Bertz CT molecular complexity index is 601. The first-order chi connectivity index (χ1) is 9.15. The van der Waals surface area contributed by atoms with Gasteiger partial charge in [0.15, 0.2) is 0 Å². The molecule has 1 aromatic heterocycles. The van der Waals surface area contributed by atoms with Crippen molar-refractivity contribution in [2.75, 3.05) is 0 Å². The van der Waals surface area contributed by atoms with Crippen molar-refractivity contribution in [1.82, 2.24) is 14.9 Å². The molecule has 1 aromatic rings. The molecule has 4 N–H and O–H groups in total. The molecule has 0 bridgehead atoms. The van der Waals surface area contributed by atoms with Crippen molar-refractivity contribution in [2.24, 2.45) is 0 Å². The van der Waals surface area contributed by atoms with E-state index in [1.54, 1.807) is 0 Å². The van der Waals surface area contributed by atoms with Crippen LogP contribution in [0.5, 0.6) is 0 Å². The van der Waals surface area contributed by atoms with Crippen molar-refractivity contribution in [2.45, 2.75) is 37.6 Å². The molecular formula is C10H15N3O6S. The van der Waals surface area contributed by atoms with Gasteiger partial charge >= 0.3 is 11.9 Å². The predicted molar refractivity (Wildman–Crippen MR) is 66.7 cm³/mol. The molecule has 10 heteroatoms. The lowest BCUT2D eigenvalue weighted by Crippen LogP contribution is -2.41. The van der Waals surface area contributed by atoms with E-state index in [1.807, 2.05) is 4.72 Å². The third-order valence-electron chi connectivity index (χ3n) is 2.57. The zero-order chi connectivity index (χ0) is 15.5. The molecule has 0 unspecified atom stereocenters. The molecule has 1 rings (SSSR count). The smallest absolute Gasteiger partial charge is 0.321 e. The summed E-state index contributed by atoms with van der Waals surface area (Å²) in [5.74, 6) is -2.64. The summed E-state index contributed by atoms with van der Waals surface area (Å²) in [7, 11) is -4.09. The van der Waals surface area contributed by atoms with E-state index in [0.717, 1.165) is 0 Å². The van der Waals surface area contributed by atoms with Crippen LogP contribution in [0.15, 0.2) is 4.90 Å². The van der Waals surface area contributed by atoms with Crippen LogP contribution >= 0.6 is 0 Å². The summed E-state index contributed by atoms with van der Waals surface area (Å²) in [5.41, 5.74) is 0.481. The normalized spacial score (nSPS) is 13.1. The summed E-state index contributed by atoms with van der Waals surface area (Å²) in [5, 5.41) is 23.7. The summed E-state index contributed by atoms with van der Waals surface area (Å²) in [6, 6.07) is -1.51. The number of aromatic nitrogens is 2. The number of rotatable bonds is 7. The molecule has 1 atom stereocenters. The van der Waals surface area contributed by atoms with Crippen molar-refractivity contribution >= 4 is 22.0 Å². The molecule has 1 heterocycles. The average molecular weight is 305 g/mol. The molecule has 0 aliphatic carbocycles. The Kier molecular flexibility index (Phi) is 4.84. The van der Waals surface area contributed by atoms with Crippen LogP contribution in [-0.2, 0) is 19.6 Å². The molecule has 0 spiro atoms. The summed E-state index contributed by atoms with van der Waals surface area (Å²) < 4.78 is 26.2. The molecule has 0 radical (unpaired) electrons. The lowest BCUT2D eigenvalue weighted by Gasteiger charge is -2.14. The number of carboxylic acids is 2. The van der Waals surface area contributed by atoms with E-state index >= 15 is 0 Å². The van der Waals surface area contributed by atoms with Gasteiger partial charge < -0.3 is 10.2 Å². The number of nitrogens with one attached hydrogen (secondary N) is 2. The SMILES string of the molecule is Cc1n[nH]c(C)c1S(=O)(=O)N[C@@H](CCC(=O)O)C(=O)O. The first kappa shape index (κ1) is 16.1. The Morgan fingerprint density at radius 2 is 1.95 bits per heavy atom. The van der Waals surface area contributed by atoms with Crippen LogP contribution in [0.1, 0.15) is 24.2 Å². The highest BCUT2D eigenvalue weighted by molar-refractivity contribution is 7.89. The molecule has 0 saturated carbocycles. The predicted octanol–water partition coefficient (Wildman–Crippen LogP) is -0.377. The minimum absolute atomic E-state index is 0.126. The van der Waals surface area contributed by atoms with Gasteiger partial charge in [0.25, 0.3) is 0 Å². The van der Waals surface area contributed by atoms with Gasteiger partial charge in [0, 0.05) is 6.42 Å². The Balaban J connectivity index is 2.98. The molecule has 0 fully saturated rings. The van der Waals surface area contributed by atoms with Crippen LogP contribution in [0.3, 0.4) is 0 Å². The van der Waals surface area contributed by atoms with Crippen molar-refractivity contribution in [1.29, 1.82) is 0 Å². The van der Waals surface area contributed by atoms with Crippen molar-refractivity contribution in [3.05, 3.63) is 11.4 Å². The minimum Gasteiger partial charge on any atom is -0.481 e. The van der Waals surface area contributed by atoms with Gasteiger partial charge in [-0.25, -0.2) is 8.42 Å². The van der Waals surface area contributed by atoms with Gasteiger partial charge in [0.2, 0.25) is 10.0 Å². The number of H-pyrrole nitrogens is 1. The van der Waals surface area contributed by atoms with Crippen LogP contribution < -0.4 is 4.72 Å². The molecule has 0 aliphatic rings. The van der Waals surface area contributed by atoms with Crippen molar-refractivity contribution < 1.29 is 28.2 Å². The number of hydrogen-bond acceptors (Lipinski definition) is 5. The first-order valence-electron chi connectivity index (χ1n) is 5.63. The van der Waals surface area contributed by atoms with Crippen LogP contribution in [0, 0.1) is 13.8 Å². The summed E-state index contributed by atoms with van der Waals surface area (Å²) in [6.45, 7) is 2.95. The maximum absolute atomic E-state index is 12.1. The number of hydrogen-bond donors (Lipinski definition) is 4. The Morgan fingerprint density at radius 3 is 2.35 bits per heavy atom. The molecular weight excluding hydrogens is 290 g/mol. The van der Waals surface area contributed by atoms with Crippen molar-refractivity contribution in [3.63, 3.8) is 0 Å². The number of carbonyl (C=O) groups is 2. The fourth-order valence-corrected chi connectivity index (χ4v) is 3.28. The highest BCUT2D eigenvalue weighted by atomic mass is 32.2. The second-order valence-electron chi connectivity index (χ2n) is 4.21. The van der Waals surface area contributed by atoms with Gasteiger partial charge in [0.1, 0.15) is 10.9 Å². The Morgan fingerprint density at radius 1 is 1.35 bits per heavy atom.